The van der Waals surface area contributed by atoms with Gasteiger partial charge < -0.3 is 24.6 Å². The van der Waals surface area contributed by atoms with E-state index in [1.165, 1.54) is 0 Å². The van der Waals surface area contributed by atoms with E-state index in [0.717, 1.165) is 16.5 Å². The highest BCUT2D eigenvalue weighted by molar-refractivity contribution is 6.02. The lowest BCUT2D eigenvalue weighted by atomic mass is 10.0. The van der Waals surface area contributed by atoms with Gasteiger partial charge in [-0.3, -0.25) is 9.59 Å². The number of rotatable bonds is 2. The van der Waals surface area contributed by atoms with Crippen molar-refractivity contribution in [1.82, 2.24) is 4.98 Å². The fraction of sp³-hybridized carbons (Fsp3) is 0.227. The highest BCUT2D eigenvalue weighted by atomic mass is 16.5. The van der Waals surface area contributed by atoms with Crippen molar-refractivity contribution >= 4 is 29.0 Å². The molecular weight excluding hydrogens is 388 g/mol. The van der Waals surface area contributed by atoms with E-state index in [4.69, 9.17) is 24.4 Å². The van der Waals surface area contributed by atoms with Crippen molar-refractivity contribution in [1.29, 1.82) is 0 Å². The highest BCUT2D eigenvalue weighted by Gasteiger charge is 2.29. The minimum absolute atomic E-state index is 0.0932. The molecular formula is C22H22N2O6. The van der Waals surface area contributed by atoms with Gasteiger partial charge in [-0.15, -0.1) is 0 Å². The lowest BCUT2D eigenvalue weighted by molar-refractivity contribution is -0.125. The summed E-state index contributed by atoms with van der Waals surface area (Å²) in [6.07, 6.45) is -0.510. The van der Waals surface area contributed by atoms with Crippen LogP contribution < -0.4 is 14.4 Å². The van der Waals surface area contributed by atoms with Crippen molar-refractivity contribution < 1.29 is 29.3 Å². The molecule has 2 aromatic carbocycles. The first-order valence-corrected chi connectivity index (χ1v) is 9.15. The van der Waals surface area contributed by atoms with E-state index in [9.17, 15) is 9.90 Å². The smallest absolute Gasteiger partial charge is 0.290 e. The van der Waals surface area contributed by atoms with E-state index >= 15 is 0 Å². The minimum Gasteiger partial charge on any atom is -0.508 e. The zero-order valence-electron chi connectivity index (χ0n) is 17.0. The topological polar surface area (TPSA) is 109 Å². The van der Waals surface area contributed by atoms with E-state index in [2.05, 4.69) is 0 Å². The van der Waals surface area contributed by atoms with Gasteiger partial charge in [-0.1, -0.05) is 0 Å². The molecule has 156 valence electrons. The van der Waals surface area contributed by atoms with Crippen LogP contribution in [0.3, 0.4) is 0 Å². The van der Waals surface area contributed by atoms with Crippen LogP contribution in [0, 0.1) is 6.92 Å². The SMILES string of the molecule is COc1ccc(O)cc1-c1cc(C)c2cc3c(cc2n1)N(C)C(=O)C(C)O3.O=CO. The van der Waals surface area contributed by atoms with Crippen LogP contribution in [0.2, 0.25) is 0 Å². The summed E-state index contributed by atoms with van der Waals surface area (Å²) in [6, 6.07) is 10.7. The first-order chi connectivity index (χ1) is 14.3. The van der Waals surface area contributed by atoms with E-state index in [0.29, 0.717) is 28.4 Å². The monoisotopic (exact) mass is 410 g/mol. The number of nitrogens with zero attached hydrogens (tertiary/aromatic N) is 2. The average Bonchev–Trinajstić information content (AvgIpc) is 2.72. The molecule has 0 fully saturated rings. The number of benzene rings is 2. The molecule has 1 aromatic heterocycles. The van der Waals surface area contributed by atoms with E-state index in [1.54, 1.807) is 44.2 Å². The summed E-state index contributed by atoms with van der Waals surface area (Å²) in [5, 5.41) is 17.7. The van der Waals surface area contributed by atoms with Crippen molar-refractivity contribution in [2.75, 3.05) is 19.1 Å². The number of methoxy groups -OCH3 is 1. The van der Waals surface area contributed by atoms with Crippen LogP contribution in [0.15, 0.2) is 36.4 Å². The third kappa shape index (κ3) is 3.71. The number of phenolic OH excluding ortho intramolecular Hbond substituents is 1. The molecule has 1 amide bonds. The Balaban J connectivity index is 0.000000806. The van der Waals surface area contributed by atoms with Crippen molar-refractivity contribution in [2.45, 2.75) is 20.0 Å². The van der Waals surface area contributed by atoms with E-state index < -0.39 is 6.10 Å². The Morgan fingerprint density at radius 2 is 1.93 bits per heavy atom. The molecule has 0 saturated carbocycles. The maximum atomic E-state index is 12.2. The number of carboxylic acid groups (broad SMARTS) is 1. The van der Waals surface area contributed by atoms with Gasteiger partial charge in [0.05, 0.1) is 24.0 Å². The van der Waals surface area contributed by atoms with Crippen molar-refractivity contribution in [3.63, 3.8) is 0 Å². The number of aryl methyl sites for hydroxylation is 1. The molecule has 4 rings (SSSR count). The molecule has 30 heavy (non-hydrogen) atoms. The molecule has 2 N–H and O–H groups in total. The first kappa shape index (κ1) is 20.9. The molecule has 0 radical (unpaired) electrons. The number of carbonyl (C=O) groups excluding carboxylic acids is 1. The third-order valence-electron chi connectivity index (χ3n) is 4.90. The van der Waals surface area contributed by atoms with Gasteiger partial charge in [-0.05, 0) is 55.8 Å². The highest BCUT2D eigenvalue weighted by Crippen LogP contribution is 2.39. The molecule has 0 spiro atoms. The third-order valence-corrected chi connectivity index (χ3v) is 4.90. The maximum Gasteiger partial charge on any atom is 0.290 e. The number of pyridine rings is 1. The number of phenols is 1. The summed E-state index contributed by atoms with van der Waals surface area (Å²) in [5.74, 6) is 1.35. The van der Waals surface area contributed by atoms with Gasteiger partial charge in [0.25, 0.3) is 12.4 Å². The van der Waals surface area contributed by atoms with Crippen LogP contribution in [0.4, 0.5) is 5.69 Å². The number of fused-ring (bicyclic) bond motifs is 2. The summed E-state index contributed by atoms with van der Waals surface area (Å²) in [5.41, 5.74) is 3.84. The lowest BCUT2D eigenvalue weighted by Gasteiger charge is -2.30. The van der Waals surface area contributed by atoms with Crippen LogP contribution in [-0.4, -0.2) is 47.8 Å². The van der Waals surface area contributed by atoms with Gasteiger partial charge in [0.1, 0.15) is 17.2 Å². The van der Waals surface area contributed by atoms with E-state index in [-0.39, 0.29) is 18.1 Å². The molecule has 0 bridgehead atoms. The lowest BCUT2D eigenvalue weighted by Crippen LogP contribution is -2.41. The molecule has 1 aliphatic heterocycles. The van der Waals surface area contributed by atoms with Crippen LogP contribution in [-0.2, 0) is 9.59 Å². The number of hydrogen-bond donors (Lipinski definition) is 2. The molecule has 0 saturated heterocycles. The first-order valence-electron chi connectivity index (χ1n) is 9.15. The summed E-state index contributed by atoms with van der Waals surface area (Å²) < 4.78 is 11.2. The Kier molecular flexibility index (Phi) is 5.77. The Morgan fingerprint density at radius 1 is 1.23 bits per heavy atom. The number of hydrogen-bond acceptors (Lipinski definition) is 6. The zero-order chi connectivity index (χ0) is 22.0. The van der Waals surface area contributed by atoms with Gasteiger partial charge in [0.2, 0.25) is 0 Å². The second-order valence-corrected chi connectivity index (χ2v) is 6.81. The number of carbonyl (C=O) groups is 2. The molecule has 1 unspecified atom stereocenters. The van der Waals surface area contributed by atoms with Crippen LogP contribution in [0.25, 0.3) is 22.2 Å². The minimum atomic E-state index is -0.510. The van der Waals surface area contributed by atoms with Gasteiger partial charge >= 0.3 is 0 Å². The number of ether oxygens (including phenoxy) is 2. The zero-order valence-corrected chi connectivity index (χ0v) is 17.0. The number of aromatic hydroxyl groups is 1. The molecule has 8 heteroatoms. The van der Waals surface area contributed by atoms with Gasteiger partial charge in [-0.2, -0.15) is 0 Å². The van der Waals surface area contributed by atoms with Crippen molar-refractivity contribution in [2.24, 2.45) is 0 Å². The Hall–Kier alpha value is -3.81. The number of amides is 1. The molecule has 1 aliphatic rings. The fourth-order valence-electron chi connectivity index (χ4n) is 3.43. The fourth-order valence-corrected chi connectivity index (χ4v) is 3.43. The van der Waals surface area contributed by atoms with Crippen LogP contribution in [0.1, 0.15) is 12.5 Å². The van der Waals surface area contributed by atoms with Gasteiger partial charge in [0, 0.05) is 18.0 Å². The molecule has 2 heterocycles. The second-order valence-electron chi connectivity index (χ2n) is 6.81. The number of anilines is 1. The number of likely N-dealkylation sites (N-methyl/N-ethyl adjacent to an activating group) is 1. The number of aromatic nitrogens is 1. The predicted molar refractivity (Wildman–Crippen MR) is 112 cm³/mol. The average molecular weight is 410 g/mol. The van der Waals surface area contributed by atoms with E-state index in [1.807, 2.05) is 25.1 Å². The largest absolute Gasteiger partial charge is 0.508 e. The molecule has 1 atom stereocenters. The van der Waals surface area contributed by atoms with Crippen LogP contribution >= 0.6 is 0 Å². The summed E-state index contributed by atoms with van der Waals surface area (Å²) in [4.78, 5) is 27.0. The standard InChI is InChI=1S/C21H20N2O4.CH2O2/c1-11-7-16(15-8-13(24)5-6-19(15)26-4)22-17-10-18-20(9-14(11)17)27-12(2)21(25)23(18)3;2-1-3/h5-10,12,24H,1-4H3;1H,(H,2,3). The molecule has 0 aliphatic carbocycles. The van der Waals surface area contributed by atoms with Gasteiger partial charge in [-0.25, -0.2) is 4.98 Å². The quantitative estimate of drug-likeness (QED) is 0.624. The summed E-state index contributed by atoms with van der Waals surface area (Å²) >= 11 is 0. The van der Waals surface area contributed by atoms with Gasteiger partial charge in [0.15, 0.2) is 6.10 Å². The molecule has 8 nitrogen and oxygen atoms in total. The normalized spacial score (nSPS) is 15.0. The summed E-state index contributed by atoms with van der Waals surface area (Å²) in [7, 11) is 3.32. The Labute approximate surface area is 173 Å². The Morgan fingerprint density at radius 3 is 2.60 bits per heavy atom. The summed E-state index contributed by atoms with van der Waals surface area (Å²) in [6.45, 7) is 3.49. The second kappa shape index (κ2) is 8.28. The maximum absolute atomic E-state index is 12.2. The molecule has 3 aromatic rings. The van der Waals surface area contributed by atoms with Crippen molar-refractivity contribution in [3.05, 3.63) is 42.0 Å². The van der Waals surface area contributed by atoms with Crippen LogP contribution in [0.5, 0.6) is 17.2 Å². The predicted octanol–water partition coefficient (Wildman–Crippen LogP) is 3.37. The van der Waals surface area contributed by atoms with Crippen molar-refractivity contribution in [3.8, 4) is 28.5 Å². The Bertz CT molecular complexity index is 1130.